The molecule has 1 saturated heterocycles. The van der Waals surface area contributed by atoms with E-state index < -0.39 is 9.84 Å². The summed E-state index contributed by atoms with van der Waals surface area (Å²) in [5, 5.41) is 3.38. The van der Waals surface area contributed by atoms with Crippen LogP contribution in [-0.2, 0) is 9.84 Å². The Bertz CT molecular complexity index is 331. The van der Waals surface area contributed by atoms with Crippen molar-refractivity contribution < 1.29 is 8.42 Å². The zero-order valence-electron chi connectivity index (χ0n) is 10.8. The van der Waals surface area contributed by atoms with Crippen molar-refractivity contribution in [2.24, 2.45) is 5.92 Å². The van der Waals surface area contributed by atoms with Crippen LogP contribution in [0.3, 0.4) is 0 Å². The Hall–Kier alpha value is -0.0900. The summed E-state index contributed by atoms with van der Waals surface area (Å²) in [6.45, 7) is 2.95. The lowest BCUT2D eigenvalue weighted by Gasteiger charge is -2.29. The molecule has 1 heterocycles. The molecule has 0 aromatic carbocycles. The maximum atomic E-state index is 11.7. The monoisotopic (exact) mass is 259 g/mol. The zero-order valence-corrected chi connectivity index (χ0v) is 11.6. The summed E-state index contributed by atoms with van der Waals surface area (Å²) in [5.74, 6) is 1.31. The molecule has 0 aromatic rings. The second-order valence-electron chi connectivity index (χ2n) is 5.67. The second kappa shape index (κ2) is 5.70. The summed E-state index contributed by atoms with van der Waals surface area (Å²) in [6.07, 6.45) is 8.09. The standard InChI is InChI=1S/C13H25NO2S/c1-2-11-5-7-12(8-6-11)14-10-13-4-3-9-17(13,15)16/h11-14H,2-10H2,1H3. The lowest BCUT2D eigenvalue weighted by atomic mass is 9.84. The average molecular weight is 259 g/mol. The first-order chi connectivity index (χ1) is 8.12. The van der Waals surface area contributed by atoms with Crippen molar-refractivity contribution in [3.05, 3.63) is 0 Å². The van der Waals surface area contributed by atoms with Gasteiger partial charge in [-0.15, -0.1) is 0 Å². The van der Waals surface area contributed by atoms with Crippen LogP contribution in [0.5, 0.6) is 0 Å². The van der Waals surface area contributed by atoms with Crippen molar-refractivity contribution in [3.63, 3.8) is 0 Å². The summed E-state index contributed by atoms with van der Waals surface area (Å²) in [5.41, 5.74) is 0. The summed E-state index contributed by atoms with van der Waals surface area (Å²) >= 11 is 0. The molecule has 4 heteroatoms. The van der Waals surface area contributed by atoms with Gasteiger partial charge < -0.3 is 5.32 Å². The lowest BCUT2D eigenvalue weighted by molar-refractivity contribution is 0.286. The molecule has 2 aliphatic rings. The Morgan fingerprint density at radius 3 is 2.35 bits per heavy atom. The van der Waals surface area contributed by atoms with Gasteiger partial charge in [-0.1, -0.05) is 13.3 Å². The summed E-state index contributed by atoms with van der Waals surface area (Å²) < 4.78 is 23.4. The number of hydrogen-bond acceptors (Lipinski definition) is 3. The number of nitrogens with one attached hydrogen (secondary N) is 1. The van der Waals surface area contributed by atoms with Crippen molar-refractivity contribution in [1.82, 2.24) is 5.32 Å². The van der Waals surface area contributed by atoms with Crippen LogP contribution in [0.4, 0.5) is 0 Å². The first kappa shape index (κ1) is 13.3. The Morgan fingerprint density at radius 2 is 1.82 bits per heavy atom. The fraction of sp³-hybridized carbons (Fsp3) is 1.00. The highest BCUT2D eigenvalue weighted by molar-refractivity contribution is 7.92. The van der Waals surface area contributed by atoms with Crippen LogP contribution in [0.2, 0.25) is 0 Å². The number of hydrogen-bond donors (Lipinski definition) is 1. The minimum Gasteiger partial charge on any atom is -0.313 e. The third kappa shape index (κ3) is 3.44. The molecule has 17 heavy (non-hydrogen) atoms. The van der Waals surface area contributed by atoms with Crippen LogP contribution >= 0.6 is 0 Å². The van der Waals surface area contributed by atoms with E-state index in [4.69, 9.17) is 0 Å². The molecule has 0 aromatic heterocycles. The van der Waals surface area contributed by atoms with Crippen LogP contribution in [0.15, 0.2) is 0 Å². The van der Waals surface area contributed by atoms with Gasteiger partial charge in [-0.25, -0.2) is 8.42 Å². The summed E-state index contributed by atoms with van der Waals surface area (Å²) in [7, 11) is -2.77. The normalized spacial score (nSPS) is 37.1. The zero-order chi connectivity index (χ0) is 12.3. The topological polar surface area (TPSA) is 46.2 Å². The van der Waals surface area contributed by atoms with Crippen molar-refractivity contribution in [3.8, 4) is 0 Å². The highest BCUT2D eigenvalue weighted by Gasteiger charge is 2.31. The molecule has 1 aliphatic carbocycles. The van der Waals surface area contributed by atoms with Crippen LogP contribution in [0, 0.1) is 5.92 Å². The fourth-order valence-electron chi connectivity index (χ4n) is 3.16. The van der Waals surface area contributed by atoms with Crippen LogP contribution in [0.1, 0.15) is 51.9 Å². The van der Waals surface area contributed by atoms with Gasteiger partial charge in [-0.2, -0.15) is 0 Å². The third-order valence-electron chi connectivity index (χ3n) is 4.52. The van der Waals surface area contributed by atoms with Crippen LogP contribution in [0.25, 0.3) is 0 Å². The molecular weight excluding hydrogens is 234 g/mol. The molecule has 0 radical (unpaired) electrons. The summed E-state index contributed by atoms with van der Waals surface area (Å²) in [6, 6.07) is 0.564. The van der Waals surface area contributed by atoms with Gasteiger partial charge in [0.15, 0.2) is 9.84 Å². The molecule has 0 bridgehead atoms. The first-order valence-corrected chi connectivity index (χ1v) is 8.78. The number of sulfone groups is 1. The lowest BCUT2D eigenvalue weighted by Crippen LogP contribution is -2.39. The molecule has 1 saturated carbocycles. The maximum Gasteiger partial charge on any atom is 0.154 e. The van der Waals surface area contributed by atoms with E-state index in [0.29, 0.717) is 18.3 Å². The highest BCUT2D eigenvalue weighted by Crippen LogP contribution is 2.27. The smallest absolute Gasteiger partial charge is 0.154 e. The van der Waals surface area contributed by atoms with Crippen LogP contribution in [-0.4, -0.2) is 32.0 Å². The van der Waals surface area contributed by atoms with Gasteiger partial charge >= 0.3 is 0 Å². The molecule has 2 fully saturated rings. The molecule has 1 aliphatic heterocycles. The predicted molar refractivity (Wildman–Crippen MR) is 70.8 cm³/mol. The van der Waals surface area contributed by atoms with Gasteiger partial charge in [-0.3, -0.25) is 0 Å². The molecular formula is C13H25NO2S. The van der Waals surface area contributed by atoms with E-state index in [1.54, 1.807) is 0 Å². The van der Waals surface area contributed by atoms with Gasteiger partial charge in [0.05, 0.1) is 11.0 Å². The molecule has 3 nitrogen and oxygen atoms in total. The SMILES string of the molecule is CCC1CCC(NCC2CCCS2(=O)=O)CC1. The molecule has 1 atom stereocenters. The van der Waals surface area contributed by atoms with E-state index in [2.05, 4.69) is 12.2 Å². The van der Waals surface area contributed by atoms with Crippen LogP contribution < -0.4 is 5.32 Å². The number of rotatable bonds is 4. The Kier molecular flexibility index (Phi) is 4.47. The van der Waals surface area contributed by atoms with Crippen molar-refractivity contribution in [2.45, 2.75) is 63.2 Å². The van der Waals surface area contributed by atoms with E-state index in [-0.39, 0.29) is 5.25 Å². The average Bonchev–Trinajstić information content (AvgIpc) is 2.66. The molecule has 100 valence electrons. The Balaban J connectivity index is 1.73. The maximum absolute atomic E-state index is 11.7. The van der Waals surface area contributed by atoms with Crippen molar-refractivity contribution in [1.29, 1.82) is 0 Å². The molecule has 2 rings (SSSR count). The third-order valence-corrected chi connectivity index (χ3v) is 6.80. The predicted octanol–water partition coefficient (Wildman–Crippen LogP) is 2.12. The quantitative estimate of drug-likeness (QED) is 0.841. The minimum atomic E-state index is -2.77. The van der Waals surface area contributed by atoms with E-state index in [1.807, 2.05) is 0 Å². The van der Waals surface area contributed by atoms with Gasteiger partial charge in [0, 0.05) is 12.6 Å². The molecule has 1 unspecified atom stereocenters. The Labute approximate surface area is 105 Å². The molecule has 0 spiro atoms. The van der Waals surface area contributed by atoms with Gasteiger partial charge in [-0.05, 0) is 44.4 Å². The second-order valence-corrected chi connectivity index (χ2v) is 8.07. The largest absolute Gasteiger partial charge is 0.313 e. The minimum absolute atomic E-state index is 0.105. The fourth-order valence-corrected chi connectivity index (χ4v) is 4.94. The molecule has 0 amide bonds. The Morgan fingerprint density at radius 1 is 1.12 bits per heavy atom. The van der Waals surface area contributed by atoms with E-state index >= 15 is 0 Å². The van der Waals surface area contributed by atoms with Gasteiger partial charge in [0.1, 0.15) is 0 Å². The van der Waals surface area contributed by atoms with Gasteiger partial charge in [0.2, 0.25) is 0 Å². The first-order valence-electron chi connectivity index (χ1n) is 7.06. The van der Waals surface area contributed by atoms with E-state index in [0.717, 1.165) is 18.8 Å². The van der Waals surface area contributed by atoms with E-state index in [9.17, 15) is 8.42 Å². The molecule has 1 N–H and O–H groups in total. The van der Waals surface area contributed by atoms with Crippen molar-refractivity contribution >= 4 is 9.84 Å². The van der Waals surface area contributed by atoms with E-state index in [1.165, 1.54) is 32.1 Å². The summed E-state index contributed by atoms with van der Waals surface area (Å²) in [4.78, 5) is 0. The van der Waals surface area contributed by atoms with Gasteiger partial charge in [0.25, 0.3) is 0 Å². The highest BCUT2D eigenvalue weighted by atomic mass is 32.2. The van der Waals surface area contributed by atoms with Crippen molar-refractivity contribution in [2.75, 3.05) is 12.3 Å².